The molecule has 1 aliphatic rings. The average molecular weight is 456 g/mol. The quantitative estimate of drug-likeness (QED) is 0.445. The number of carbonyl (C=O) groups excluding carboxylic acids is 1. The fraction of sp³-hybridized carbons (Fsp3) is 0.500. The number of hydrogen-bond acceptors (Lipinski definition) is 5. The standard InChI is InChI=1S/C14H17Br2O5P/c1-3-20-22(18,21-4-2)8-19-12-6-5-10(15)9-7-11(16)14(17)13(9)12/h5-6,11H,3-4,7-8H2,1-2H3. The van der Waals surface area contributed by atoms with Gasteiger partial charge in [0.15, 0.2) is 12.1 Å². The van der Waals surface area contributed by atoms with Crippen molar-refractivity contribution in [3.8, 4) is 5.75 Å². The van der Waals surface area contributed by atoms with E-state index in [1.807, 2.05) is 6.07 Å². The van der Waals surface area contributed by atoms with E-state index in [9.17, 15) is 9.36 Å². The maximum atomic E-state index is 12.4. The molecule has 0 saturated heterocycles. The molecule has 8 heteroatoms. The van der Waals surface area contributed by atoms with Crippen molar-refractivity contribution in [1.82, 2.24) is 0 Å². The van der Waals surface area contributed by atoms with E-state index >= 15 is 0 Å². The van der Waals surface area contributed by atoms with Gasteiger partial charge in [0.2, 0.25) is 0 Å². The first kappa shape index (κ1) is 18.1. The van der Waals surface area contributed by atoms with Crippen LogP contribution >= 0.6 is 39.5 Å². The summed E-state index contributed by atoms with van der Waals surface area (Å²) in [4.78, 5) is 12.0. The van der Waals surface area contributed by atoms with E-state index in [1.165, 1.54) is 0 Å². The van der Waals surface area contributed by atoms with Crippen molar-refractivity contribution < 1.29 is 23.1 Å². The molecular formula is C14H17Br2O5P. The van der Waals surface area contributed by atoms with Gasteiger partial charge in [-0.2, -0.15) is 0 Å². The van der Waals surface area contributed by atoms with Gasteiger partial charge in [0.05, 0.1) is 23.6 Å². The number of hydrogen-bond donors (Lipinski definition) is 0. The van der Waals surface area contributed by atoms with Gasteiger partial charge in [-0.25, -0.2) is 0 Å². The number of Topliss-reactive ketones (excluding diaryl/α,β-unsaturated/α-hetero) is 1. The number of ether oxygens (including phenoxy) is 1. The van der Waals surface area contributed by atoms with Crippen LogP contribution in [0.1, 0.15) is 29.8 Å². The zero-order valence-corrected chi connectivity index (χ0v) is 16.4. The summed E-state index contributed by atoms with van der Waals surface area (Å²) in [5.41, 5.74) is 1.42. The van der Waals surface area contributed by atoms with E-state index in [-0.39, 0.29) is 30.2 Å². The van der Waals surface area contributed by atoms with Gasteiger partial charge in [0.1, 0.15) is 5.75 Å². The van der Waals surface area contributed by atoms with Gasteiger partial charge in [0, 0.05) is 4.47 Å². The van der Waals surface area contributed by atoms with Crippen molar-refractivity contribution >= 4 is 45.2 Å². The van der Waals surface area contributed by atoms with Gasteiger partial charge in [-0.3, -0.25) is 9.36 Å². The minimum atomic E-state index is -3.31. The van der Waals surface area contributed by atoms with Crippen LogP contribution in [-0.2, 0) is 20.0 Å². The van der Waals surface area contributed by atoms with Gasteiger partial charge < -0.3 is 13.8 Å². The summed E-state index contributed by atoms with van der Waals surface area (Å²) in [6.45, 7) is 4.01. The van der Waals surface area contributed by atoms with E-state index < -0.39 is 7.60 Å². The monoisotopic (exact) mass is 454 g/mol. The molecule has 5 nitrogen and oxygen atoms in total. The molecule has 1 aromatic rings. The highest BCUT2D eigenvalue weighted by Gasteiger charge is 2.34. The number of carbonyl (C=O) groups is 1. The van der Waals surface area contributed by atoms with Gasteiger partial charge in [-0.15, -0.1) is 0 Å². The third-order valence-corrected chi connectivity index (χ3v) is 6.39. The summed E-state index contributed by atoms with van der Waals surface area (Å²) >= 11 is 6.81. The fourth-order valence-electron chi connectivity index (χ4n) is 2.27. The highest BCUT2D eigenvalue weighted by Crippen LogP contribution is 2.48. The second-order valence-corrected chi connectivity index (χ2v) is 8.61. The van der Waals surface area contributed by atoms with Crippen molar-refractivity contribution in [3.63, 3.8) is 0 Å². The topological polar surface area (TPSA) is 61.8 Å². The molecule has 0 radical (unpaired) electrons. The lowest BCUT2D eigenvalue weighted by molar-refractivity contribution is 0.0998. The minimum absolute atomic E-state index is 0.0334. The molecule has 0 bridgehead atoms. The van der Waals surface area contributed by atoms with Gasteiger partial charge in [0.25, 0.3) is 0 Å². The van der Waals surface area contributed by atoms with Crippen molar-refractivity contribution in [2.45, 2.75) is 25.1 Å². The maximum absolute atomic E-state index is 12.4. The largest absolute Gasteiger partial charge is 0.480 e. The zero-order valence-electron chi connectivity index (χ0n) is 12.3. The lowest BCUT2D eigenvalue weighted by atomic mass is 10.1. The predicted molar refractivity (Wildman–Crippen MR) is 91.2 cm³/mol. The molecule has 122 valence electrons. The summed E-state index contributed by atoms with van der Waals surface area (Å²) in [6.07, 6.45) is 0.378. The van der Waals surface area contributed by atoms with Crippen LogP contribution in [0.4, 0.5) is 0 Å². The second-order valence-electron chi connectivity index (χ2n) is 4.65. The molecule has 0 aromatic heterocycles. The molecule has 0 aliphatic heterocycles. The highest BCUT2D eigenvalue weighted by atomic mass is 79.9. The maximum Gasteiger partial charge on any atom is 0.367 e. The second kappa shape index (κ2) is 7.58. The normalized spacial score (nSPS) is 17.6. The molecule has 0 heterocycles. The van der Waals surface area contributed by atoms with Gasteiger partial charge >= 0.3 is 7.60 Å². The Bertz CT molecular complexity index is 609. The Labute approximate surface area is 146 Å². The molecule has 1 aliphatic carbocycles. The Morgan fingerprint density at radius 1 is 1.27 bits per heavy atom. The van der Waals surface area contributed by atoms with Crippen molar-refractivity contribution in [2.75, 3.05) is 19.6 Å². The molecule has 0 saturated carbocycles. The first-order valence-electron chi connectivity index (χ1n) is 6.92. The lowest BCUT2D eigenvalue weighted by Crippen LogP contribution is -2.10. The van der Waals surface area contributed by atoms with Crippen LogP contribution in [0.25, 0.3) is 0 Å². The Kier molecular flexibility index (Phi) is 6.25. The summed E-state index contributed by atoms with van der Waals surface area (Å²) in [7, 11) is -3.31. The Morgan fingerprint density at radius 3 is 2.50 bits per heavy atom. The molecular weight excluding hydrogens is 439 g/mol. The number of halogens is 2. The van der Waals surface area contributed by atoms with Crippen molar-refractivity contribution in [1.29, 1.82) is 0 Å². The zero-order chi connectivity index (χ0) is 16.3. The predicted octanol–water partition coefficient (Wildman–Crippen LogP) is 4.55. The molecule has 0 spiro atoms. The first-order chi connectivity index (χ1) is 10.4. The Balaban J connectivity index is 2.23. The molecule has 1 unspecified atom stereocenters. The highest BCUT2D eigenvalue weighted by molar-refractivity contribution is 9.10. The third kappa shape index (κ3) is 3.82. The van der Waals surface area contributed by atoms with Crippen LogP contribution in [-0.4, -0.2) is 30.2 Å². The average Bonchev–Trinajstić information content (AvgIpc) is 2.76. The van der Waals surface area contributed by atoms with Crippen LogP contribution in [0.5, 0.6) is 5.75 Å². The summed E-state index contributed by atoms with van der Waals surface area (Å²) in [5, 5.41) is 0. The SMILES string of the molecule is CCOP(=O)(COc1ccc(Br)c2c1C(=O)C(Br)C2)OCC. The van der Waals surface area contributed by atoms with Crippen LogP contribution in [0.15, 0.2) is 16.6 Å². The molecule has 1 aromatic carbocycles. The summed E-state index contributed by atoms with van der Waals surface area (Å²) in [6, 6.07) is 3.51. The summed E-state index contributed by atoms with van der Waals surface area (Å²) < 4.78 is 29.3. The number of rotatable bonds is 7. The number of fused-ring (bicyclic) bond motifs is 1. The summed E-state index contributed by atoms with van der Waals surface area (Å²) in [5.74, 6) is 0.374. The lowest BCUT2D eigenvalue weighted by Gasteiger charge is -2.18. The third-order valence-electron chi connectivity index (χ3n) is 3.16. The molecule has 1 atom stereocenters. The van der Waals surface area contributed by atoms with Crippen LogP contribution in [0.2, 0.25) is 0 Å². The van der Waals surface area contributed by atoms with E-state index in [0.29, 0.717) is 17.7 Å². The van der Waals surface area contributed by atoms with E-state index in [2.05, 4.69) is 31.9 Å². The minimum Gasteiger partial charge on any atom is -0.480 e. The number of alkyl halides is 1. The fourth-order valence-corrected chi connectivity index (χ4v) is 4.63. The number of benzene rings is 1. The molecule has 22 heavy (non-hydrogen) atoms. The molecule has 0 fully saturated rings. The van der Waals surface area contributed by atoms with Gasteiger partial charge in [-0.05, 0) is 38.0 Å². The first-order valence-corrected chi connectivity index (χ1v) is 10.4. The van der Waals surface area contributed by atoms with Gasteiger partial charge in [-0.1, -0.05) is 31.9 Å². The van der Waals surface area contributed by atoms with Crippen molar-refractivity contribution in [3.05, 3.63) is 27.7 Å². The van der Waals surface area contributed by atoms with Crippen LogP contribution < -0.4 is 4.74 Å². The Morgan fingerprint density at radius 2 is 1.91 bits per heavy atom. The molecule has 0 N–H and O–H groups in total. The number of ketones is 1. The molecule has 2 rings (SSSR count). The van der Waals surface area contributed by atoms with Crippen LogP contribution in [0.3, 0.4) is 0 Å². The van der Waals surface area contributed by atoms with Crippen molar-refractivity contribution in [2.24, 2.45) is 0 Å². The van der Waals surface area contributed by atoms with E-state index in [4.69, 9.17) is 13.8 Å². The Hall–Kier alpha value is -0.200. The van der Waals surface area contributed by atoms with E-state index in [1.54, 1.807) is 19.9 Å². The van der Waals surface area contributed by atoms with E-state index in [0.717, 1.165) is 10.0 Å². The molecule has 0 amide bonds. The smallest absolute Gasteiger partial charge is 0.367 e. The van der Waals surface area contributed by atoms with Crippen LogP contribution in [0, 0.1) is 0 Å².